The van der Waals surface area contributed by atoms with E-state index in [1.54, 1.807) is 16.2 Å². The molecule has 1 aromatic heterocycles. The quantitative estimate of drug-likeness (QED) is 0.702. The number of urea groups is 1. The van der Waals surface area contributed by atoms with Gasteiger partial charge >= 0.3 is 6.03 Å². The van der Waals surface area contributed by atoms with E-state index < -0.39 is 0 Å². The molecule has 1 saturated heterocycles. The summed E-state index contributed by atoms with van der Waals surface area (Å²) < 4.78 is 0. The first-order valence-electron chi connectivity index (χ1n) is 9.83. The van der Waals surface area contributed by atoms with Crippen molar-refractivity contribution in [1.29, 1.82) is 0 Å². The summed E-state index contributed by atoms with van der Waals surface area (Å²) in [5.41, 5.74) is 2.82. The largest absolute Gasteiger partial charge is 0.336 e. The van der Waals surface area contributed by atoms with Crippen LogP contribution in [0.4, 0.5) is 16.2 Å². The van der Waals surface area contributed by atoms with Gasteiger partial charge in [0, 0.05) is 30.9 Å². The minimum atomic E-state index is -0.225. The molecule has 2 heterocycles. The number of likely N-dealkylation sites (N-methyl/N-ethyl adjacent to an activating group) is 1. The van der Waals surface area contributed by atoms with E-state index >= 15 is 0 Å². The monoisotopic (exact) mass is 400 g/mol. The highest BCUT2D eigenvalue weighted by Crippen LogP contribution is 2.24. The number of nitrogens with one attached hydrogen (secondary N) is 2. The van der Waals surface area contributed by atoms with Crippen LogP contribution in [-0.2, 0) is 4.79 Å². The Labute approximate surface area is 170 Å². The lowest BCUT2D eigenvalue weighted by molar-refractivity contribution is -0.117. The van der Waals surface area contributed by atoms with Crippen LogP contribution >= 0.6 is 11.3 Å². The number of anilines is 2. The zero-order chi connectivity index (χ0) is 19.9. The van der Waals surface area contributed by atoms with Gasteiger partial charge in [0.25, 0.3) is 0 Å². The molecule has 1 aliphatic rings. The van der Waals surface area contributed by atoms with Crippen LogP contribution in [0.1, 0.15) is 38.3 Å². The topological polar surface area (TPSA) is 64.7 Å². The Balaban J connectivity index is 1.56. The number of nitrogens with zero attached hydrogens (tertiary/aromatic N) is 2. The molecule has 1 aliphatic heterocycles. The lowest BCUT2D eigenvalue weighted by Gasteiger charge is -2.29. The van der Waals surface area contributed by atoms with E-state index in [0.717, 1.165) is 31.7 Å². The highest BCUT2D eigenvalue weighted by atomic mass is 32.1. The van der Waals surface area contributed by atoms with Crippen molar-refractivity contribution in [2.45, 2.75) is 32.7 Å². The predicted molar refractivity (Wildman–Crippen MR) is 115 cm³/mol. The Kier molecular flexibility index (Phi) is 7.06. The first kappa shape index (κ1) is 20.4. The second-order valence-electron chi connectivity index (χ2n) is 6.82. The fraction of sp³-hybridized carbons (Fsp3) is 0.429. The third-order valence-corrected chi connectivity index (χ3v) is 5.85. The highest BCUT2D eigenvalue weighted by Gasteiger charge is 2.22. The van der Waals surface area contributed by atoms with Gasteiger partial charge < -0.3 is 15.5 Å². The number of carbonyl (C=O) groups excluding carboxylic acids is 2. The van der Waals surface area contributed by atoms with Gasteiger partial charge in [-0.15, -0.1) is 0 Å². The Morgan fingerprint density at radius 3 is 2.54 bits per heavy atom. The van der Waals surface area contributed by atoms with Crippen LogP contribution in [0.25, 0.3) is 0 Å². The van der Waals surface area contributed by atoms with E-state index in [4.69, 9.17) is 0 Å². The first-order valence-corrected chi connectivity index (χ1v) is 10.8. The molecule has 1 atom stereocenters. The van der Waals surface area contributed by atoms with Crippen LogP contribution in [-0.4, -0.2) is 43.0 Å². The number of hydrogen-bond acceptors (Lipinski definition) is 4. The maximum absolute atomic E-state index is 12.4. The molecule has 7 heteroatoms. The molecule has 3 rings (SSSR count). The molecule has 0 spiro atoms. The molecule has 1 fully saturated rings. The smallest absolute Gasteiger partial charge is 0.319 e. The molecule has 0 aliphatic carbocycles. The van der Waals surface area contributed by atoms with E-state index in [-0.39, 0.29) is 18.0 Å². The SMILES string of the molecule is CCN(CC)[C@H](CNC(=O)Nc1ccc(N2CCCC2=O)cc1)c1ccsc1. The third-order valence-electron chi connectivity index (χ3n) is 5.15. The molecule has 3 amide bonds. The summed E-state index contributed by atoms with van der Waals surface area (Å²) in [5, 5.41) is 10.1. The normalized spacial score (nSPS) is 15.1. The number of rotatable bonds is 8. The maximum Gasteiger partial charge on any atom is 0.319 e. The van der Waals surface area contributed by atoms with Crippen LogP contribution in [0.5, 0.6) is 0 Å². The summed E-state index contributed by atoms with van der Waals surface area (Å²) in [5.74, 6) is 0.161. The average molecular weight is 401 g/mol. The van der Waals surface area contributed by atoms with Gasteiger partial charge in [-0.3, -0.25) is 9.69 Å². The van der Waals surface area contributed by atoms with Gasteiger partial charge in [0.05, 0.1) is 6.04 Å². The Morgan fingerprint density at radius 2 is 1.96 bits per heavy atom. The maximum atomic E-state index is 12.4. The number of thiophene rings is 1. The minimum absolute atomic E-state index is 0.161. The summed E-state index contributed by atoms with van der Waals surface area (Å²) in [4.78, 5) is 28.3. The molecule has 28 heavy (non-hydrogen) atoms. The lowest BCUT2D eigenvalue weighted by atomic mass is 10.1. The number of benzene rings is 1. The Hall–Kier alpha value is -2.38. The zero-order valence-corrected chi connectivity index (χ0v) is 17.3. The molecule has 0 radical (unpaired) electrons. The molecule has 0 saturated carbocycles. The number of carbonyl (C=O) groups is 2. The van der Waals surface area contributed by atoms with Gasteiger partial charge in [0.1, 0.15) is 0 Å². The summed E-state index contributed by atoms with van der Waals surface area (Å²) in [6.45, 7) is 7.44. The van der Waals surface area contributed by atoms with Gasteiger partial charge in [0.15, 0.2) is 0 Å². The van der Waals surface area contributed by atoms with Crippen molar-refractivity contribution in [3.8, 4) is 0 Å². The Bertz CT molecular complexity index is 772. The van der Waals surface area contributed by atoms with Gasteiger partial charge in [-0.05, 0) is 66.2 Å². The van der Waals surface area contributed by atoms with Crippen molar-refractivity contribution >= 4 is 34.6 Å². The molecule has 150 valence electrons. The van der Waals surface area contributed by atoms with Crippen molar-refractivity contribution in [2.75, 3.05) is 36.4 Å². The van der Waals surface area contributed by atoms with E-state index in [1.165, 1.54) is 5.56 Å². The van der Waals surface area contributed by atoms with Crippen molar-refractivity contribution in [1.82, 2.24) is 10.2 Å². The molecule has 2 N–H and O–H groups in total. The van der Waals surface area contributed by atoms with E-state index in [9.17, 15) is 9.59 Å². The van der Waals surface area contributed by atoms with E-state index in [2.05, 4.69) is 46.2 Å². The number of amides is 3. The van der Waals surface area contributed by atoms with Gasteiger partial charge in [-0.1, -0.05) is 13.8 Å². The first-order chi connectivity index (χ1) is 13.6. The van der Waals surface area contributed by atoms with E-state index in [1.807, 2.05) is 24.3 Å². The molecule has 2 aromatic rings. The van der Waals surface area contributed by atoms with Crippen LogP contribution < -0.4 is 15.5 Å². The fourth-order valence-corrected chi connectivity index (χ4v) is 4.30. The summed E-state index contributed by atoms with van der Waals surface area (Å²) >= 11 is 1.67. The fourth-order valence-electron chi connectivity index (χ4n) is 3.60. The summed E-state index contributed by atoms with van der Waals surface area (Å²) in [7, 11) is 0. The molecule has 6 nitrogen and oxygen atoms in total. The van der Waals surface area contributed by atoms with Crippen LogP contribution in [0.15, 0.2) is 41.1 Å². The van der Waals surface area contributed by atoms with Gasteiger partial charge in [0.2, 0.25) is 5.91 Å². The number of hydrogen-bond donors (Lipinski definition) is 2. The molecular weight excluding hydrogens is 372 g/mol. The van der Waals surface area contributed by atoms with Crippen LogP contribution in [0.3, 0.4) is 0 Å². The van der Waals surface area contributed by atoms with Crippen molar-refractivity contribution in [3.05, 3.63) is 46.7 Å². The average Bonchev–Trinajstić information content (AvgIpc) is 3.38. The standard InChI is InChI=1S/C21H28N4O2S/c1-3-24(4-2)19(16-11-13-28-15-16)14-22-21(27)23-17-7-9-18(10-8-17)25-12-5-6-20(25)26/h7-11,13,15,19H,3-6,12,14H2,1-2H3,(H2,22,23,27)/t19-/m1/s1. The minimum Gasteiger partial charge on any atom is -0.336 e. The molecule has 1 aromatic carbocycles. The molecular formula is C21H28N4O2S. The third kappa shape index (κ3) is 4.91. The van der Waals surface area contributed by atoms with E-state index in [0.29, 0.717) is 18.7 Å². The second kappa shape index (κ2) is 9.71. The Morgan fingerprint density at radius 1 is 1.21 bits per heavy atom. The van der Waals surface area contributed by atoms with Gasteiger partial charge in [-0.25, -0.2) is 4.79 Å². The zero-order valence-electron chi connectivity index (χ0n) is 16.5. The second-order valence-corrected chi connectivity index (χ2v) is 7.60. The van der Waals surface area contributed by atoms with Crippen molar-refractivity contribution in [2.24, 2.45) is 0 Å². The van der Waals surface area contributed by atoms with Crippen molar-refractivity contribution in [3.63, 3.8) is 0 Å². The molecule has 0 bridgehead atoms. The lowest BCUT2D eigenvalue weighted by Crippen LogP contribution is -2.39. The van der Waals surface area contributed by atoms with Crippen LogP contribution in [0.2, 0.25) is 0 Å². The summed E-state index contributed by atoms with van der Waals surface area (Å²) in [6.07, 6.45) is 1.51. The summed E-state index contributed by atoms with van der Waals surface area (Å²) in [6, 6.07) is 9.48. The van der Waals surface area contributed by atoms with Crippen LogP contribution in [0, 0.1) is 0 Å². The highest BCUT2D eigenvalue weighted by molar-refractivity contribution is 7.08. The van der Waals surface area contributed by atoms with Crippen molar-refractivity contribution < 1.29 is 9.59 Å². The predicted octanol–water partition coefficient (Wildman–Crippen LogP) is 4.08. The molecule has 0 unspecified atom stereocenters. The van der Waals surface area contributed by atoms with Gasteiger partial charge in [-0.2, -0.15) is 11.3 Å².